The number of halogens is 5. The lowest BCUT2D eigenvalue weighted by Crippen LogP contribution is -2.37. The minimum atomic E-state index is -4.61. The van der Waals surface area contributed by atoms with Crippen molar-refractivity contribution in [2.75, 3.05) is 10.2 Å². The van der Waals surface area contributed by atoms with Crippen LogP contribution < -0.4 is 10.2 Å². The van der Waals surface area contributed by atoms with E-state index in [0.717, 1.165) is 21.5 Å². The molecule has 3 aromatic rings. The monoisotopic (exact) mass is 579 g/mol. The largest absolute Gasteiger partial charge is 0.416 e. The van der Waals surface area contributed by atoms with Crippen molar-refractivity contribution < 1.29 is 27.2 Å². The molecule has 1 N–H and O–H groups in total. The molecule has 0 saturated carbocycles. The fraction of sp³-hybridized carbons (Fsp3) is 0.160. The van der Waals surface area contributed by atoms with Crippen LogP contribution in [0.2, 0.25) is 0 Å². The molecule has 36 heavy (non-hydrogen) atoms. The van der Waals surface area contributed by atoms with Crippen LogP contribution >= 0.6 is 28.1 Å². The van der Waals surface area contributed by atoms with Gasteiger partial charge >= 0.3 is 6.18 Å². The third-order valence-corrected chi connectivity index (χ3v) is 6.47. The van der Waals surface area contributed by atoms with E-state index >= 15 is 0 Å². The van der Waals surface area contributed by atoms with E-state index < -0.39 is 35.4 Å². The molecule has 3 aromatic carbocycles. The number of carbonyl (C=O) groups excluding carboxylic acids is 2. The second kappa shape index (κ2) is 10.4. The number of anilines is 2. The van der Waals surface area contributed by atoms with Crippen molar-refractivity contribution in [2.45, 2.75) is 25.2 Å². The molecule has 0 aliphatic carbocycles. The Bertz CT molecular complexity index is 1300. The van der Waals surface area contributed by atoms with Gasteiger partial charge in [0.05, 0.1) is 17.7 Å². The van der Waals surface area contributed by atoms with Crippen LogP contribution in [0.1, 0.15) is 17.5 Å². The van der Waals surface area contributed by atoms with Crippen molar-refractivity contribution in [1.82, 2.24) is 4.90 Å². The van der Waals surface area contributed by atoms with E-state index in [2.05, 4.69) is 21.2 Å². The maximum atomic E-state index is 13.4. The van der Waals surface area contributed by atoms with Gasteiger partial charge in [0.25, 0.3) is 5.91 Å². The summed E-state index contributed by atoms with van der Waals surface area (Å²) in [6.45, 7) is 0.0521. The third kappa shape index (κ3) is 5.73. The average molecular weight is 580 g/mol. The van der Waals surface area contributed by atoms with Gasteiger partial charge in [-0.2, -0.15) is 13.2 Å². The molecule has 2 amide bonds. The summed E-state index contributed by atoms with van der Waals surface area (Å²) >= 11 is 8.80. The lowest BCUT2D eigenvalue weighted by molar-refractivity contribution is -0.137. The molecule has 1 aliphatic rings. The zero-order chi connectivity index (χ0) is 26.0. The fourth-order valence-electron chi connectivity index (χ4n) is 3.78. The molecular formula is C25H18BrF4N3O2S. The van der Waals surface area contributed by atoms with Gasteiger partial charge in [-0.05, 0) is 72.4 Å². The summed E-state index contributed by atoms with van der Waals surface area (Å²) in [5.74, 6) is -1.56. The van der Waals surface area contributed by atoms with E-state index in [0.29, 0.717) is 11.3 Å². The van der Waals surface area contributed by atoms with Gasteiger partial charge in [0.1, 0.15) is 11.9 Å². The van der Waals surface area contributed by atoms with Crippen LogP contribution in [0.5, 0.6) is 0 Å². The van der Waals surface area contributed by atoms with E-state index in [4.69, 9.17) is 12.2 Å². The zero-order valence-electron chi connectivity index (χ0n) is 18.4. The standard InChI is InChI=1S/C25H18BrF4N3O2S/c26-17-6-10-19(11-7-17)31-22(34)13-21-23(35)33(20-3-1-2-16(12-20)25(28,29)30)24(36)32(21)14-15-4-8-18(27)9-5-15/h1-12,21H,13-14H2,(H,31,34). The van der Waals surface area contributed by atoms with Crippen LogP contribution in [0.3, 0.4) is 0 Å². The highest BCUT2D eigenvalue weighted by molar-refractivity contribution is 9.10. The molecule has 1 fully saturated rings. The van der Waals surface area contributed by atoms with Crippen LogP contribution in [0.15, 0.2) is 77.3 Å². The average Bonchev–Trinajstić information content (AvgIpc) is 3.05. The Morgan fingerprint density at radius 1 is 1.03 bits per heavy atom. The summed E-state index contributed by atoms with van der Waals surface area (Å²) in [5, 5.41) is 2.66. The van der Waals surface area contributed by atoms with Gasteiger partial charge in [-0.1, -0.05) is 34.1 Å². The molecule has 0 spiro atoms. The summed E-state index contributed by atoms with van der Waals surface area (Å²) in [6.07, 6.45) is -4.91. The molecule has 0 bridgehead atoms. The number of carbonyl (C=O) groups is 2. The van der Waals surface area contributed by atoms with Gasteiger partial charge < -0.3 is 10.2 Å². The molecule has 1 unspecified atom stereocenters. The summed E-state index contributed by atoms with van der Waals surface area (Å²) in [7, 11) is 0. The molecule has 0 radical (unpaired) electrons. The first-order valence-corrected chi connectivity index (χ1v) is 11.8. The first kappa shape index (κ1) is 25.8. The summed E-state index contributed by atoms with van der Waals surface area (Å²) in [6, 6.07) is 15.5. The number of hydrogen-bond donors (Lipinski definition) is 1. The van der Waals surface area contributed by atoms with E-state index in [1.807, 2.05) is 0 Å². The van der Waals surface area contributed by atoms with Gasteiger partial charge in [-0.25, -0.2) is 4.39 Å². The number of hydrogen-bond acceptors (Lipinski definition) is 3. The van der Waals surface area contributed by atoms with Crippen molar-refractivity contribution in [2.24, 2.45) is 0 Å². The molecule has 11 heteroatoms. The molecule has 186 valence electrons. The topological polar surface area (TPSA) is 52.7 Å². The molecule has 1 saturated heterocycles. The summed E-state index contributed by atoms with van der Waals surface area (Å²) < 4.78 is 54.1. The predicted octanol–water partition coefficient (Wildman–Crippen LogP) is 6.14. The number of benzene rings is 3. The Morgan fingerprint density at radius 2 is 1.69 bits per heavy atom. The Kier molecular flexibility index (Phi) is 7.41. The SMILES string of the molecule is O=C(CC1C(=O)N(c2cccc(C(F)(F)F)c2)C(=S)N1Cc1ccc(F)cc1)Nc1ccc(Br)cc1. The lowest BCUT2D eigenvalue weighted by atomic mass is 10.1. The van der Waals surface area contributed by atoms with Gasteiger partial charge in [0.2, 0.25) is 5.91 Å². The molecule has 5 nitrogen and oxygen atoms in total. The van der Waals surface area contributed by atoms with Gasteiger partial charge in [0.15, 0.2) is 5.11 Å². The van der Waals surface area contributed by atoms with Crippen molar-refractivity contribution in [3.05, 3.63) is 94.2 Å². The lowest BCUT2D eigenvalue weighted by Gasteiger charge is -2.24. The molecule has 1 atom stereocenters. The number of thiocarbonyl (C=S) groups is 1. The van der Waals surface area contributed by atoms with Crippen molar-refractivity contribution in [3.8, 4) is 0 Å². The molecular weight excluding hydrogens is 562 g/mol. The molecule has 0 aromatic heterocycles. The first-order chi connectivity index (χ1) is 17.0. The number of nitrogens with zero attached hydrogens (tertiary/aromatic N) is 2. The quantitative estimate of drug-likeness (QED) is 0.281. The fourth-order valence-corrected chi connectivity index (χ4v) is 4.43. The molecule has 4 rings (SSSR count). The van der Waals surface area contributed by atoms with E-state index in [1.165, 1.54) is 41.3 Å². The number of rotatable bonds is 6. The van der Waals surface area contributed by atoms with Gasteiger partial charge in [-0.15, -0.1) is 0 Å². The summed E-state index contributed by atoms with van der Waals surface area (Å²) in [5.41, 5.74) is 0.128. The van der Waals surface area contributed by atoms with Crippen LogP contribution in [-0.4, -0.2) is 27.9 Å². The predicted molar refractivity (Wildman–Crippen MR) is 135 cm³/mol. The normalized spacial score (nSPS) is 16.0. The van der Waals surface area contributed by atoms with Crippen LogP contribution in [0.4, 0.5) is 28.9 Å². The maximum Gasteiger partial charge on any atom is 0.416 e. The van der Waals surface area contributed by atoms with Crippen molar-refractivity contribution >= 4 is 56.4 Å². The van der Waals surface area contributed by atoms with Gasteiger partial charge in [0, 0.05) is 16.7 Å². The van der Waals surface area contributed by atoms with E-state index in [-0.39, 0.29) is 23.8 Å². The Labute approximate surface area is 217 Å². The number of amides is 2. The second-order valence-electron chi connectivity index (χ2n) is 8.03. The van der Waals surface area contributed by atoms with Crippen LogP contribution in [0, 0.1) is 5.82 Å². The third-order valence-electron chi connectivity index (χ3n) is 5.52. The second-order valence-corrected chi connectivity index (χ2v) is 9.31. The van der Waals surface area contributed by atoms with Crippen LogP contribution in [0.25, 0.3) is 0 Å². The van der Waals surface area contributed by atoms with Crippen molar-refractivity contribution in [1.29, 1.82) is 0 Å². The highest BCUT2D eigenvalue weighted by atomic mass is 79.9. The minimum absolute atomic E-state index is 0.0508. The van der Waals surface area contributed by atoms with Crippen molar-refractivity contribution in [3.63, 3.8) is 0 Å². The smallest absolute Gasteiger partial charge is 0.332 e. The highest BCUT2D eigenvalue weighted by Gasteiger charge is 2.44. The maximum absolute atomic E-state index is 13.4. The molecule has 1 aliphatic heterocycles. The Morgan fingerprint density at radius 3 is 2.33 bits per heavy atom. The van der Waals surface area contributed by atoms with E-state index in [1.54, 1.807) is 24.3 Å². The minimum Gasteiger partial charge on any atom is -0.332 e. The highest BCUT2D eigenvalue weighted by Crippen LogP contribution is 2.34. The number of nitrogens with one attached hydrogen (secondary N) is 1. The Balaban J connectivity index is 1.63. The van der Waals surface area contributed by atoms with Gasteiger partial charge in [-0.3, -0.25) is 14.5 Å². The van der Waals surface area contributed by atoms with Crippen LogP contribution in [-0.2, 0) is 22.3 Å². The summed E-state index contributed by atoms with van der Waals surface area (Å²) in [4.78, 5) is 28.7. The first-order valence-electron chi connectivity index (χ1n) is 10.6. The Hall–Kier alpha value is -3.31. The number of alkyl halides is 3. The van der Waals surface area contributed by atoms with E-state index in [9.17, 15) is 27.2 Å². The molecule has 1 heterocycles. The zero-order valence-corrected chi connectivity index (χ0v) is 20.8.